The van der Waals surface area contributed by atoms with Gasteiger partial charge in [0.2, 0.25) is 0 Å². The van der Waals surface area contributed by atoms with Crippen molar-refractivity contribution in [1.29, 1.82) is 0 Å². The second-order valence-electron chi connectivity index (χ2n) is 5.23. The number of hydrogen-bond donors (Lipinski definition) is 1. The van der Waals surface area contributed by atoms with Crippen LogP contribution >= 0.6 is 0 Å². The molecule has 1 aliphatic rings. The predicted molar refractivity (Wildman–Crippen MR) is 77.9 cm³/mol. The highest BCUT2D eigenvalue weighted by atomic mass is 15.1. The second-order valence-corrected chi connectivity index (χ2v) is 5.23. The van der Waals surface area contributed by atoms with E-state index in [4.69, 9.17) is 0 Å². The molecular formula is C16H26N2. The van der Waals surface area contributed by atoms with E-state index in [0.29, 0.717) is 0 Å². The summed E-state index contributed by atoms with van der Waals surface area (Å²) in [7, 11) is 0. The van der Waals surface area contributed by atoms with Gasteiger partial charge in [0.15, 0.2) is 0 Å². The molecule has 0 aliphatic carbocycles. The second kappa shape index (κ2) is 6.91. The van der Waals surface area contributed by atoms with Gasteiger partial charge in [-0.25, -0.2) is 0 Å². The first-order valence-corrected chi connectivity index (χ1v) is 7.35. The molecule has 0 radical (unpaired) electrons. The van der Waals surface area contributed by atoms with Crippen molar-refractivity contribution >= 4 is 0 Å². The minimum atomic E-state index is 0.779. The summed E-state index contributed by atoms with van der Waals surface area (Å²) in [6, 6.07) is 9.23. The van der Waals surface area contributed by atoms with Gasteiger partial charge < -0.3 is 10.2 Å². The van der Waals surface area contributed by atoms with Gasteiger partial charge in [-0.3, -0.25) is 0 Å². The Morgan fingerprint density at radius 1 is 1.11 bits per heavy atom. The molecule has 2 nitrogen and oxygen atoms in total. The third-order valence-electron chi connectivity index (χ3n) is 4.07. The smallest absolute Gasteiger partial charge is 0.0205 e. The minimum Gasteiger partial charge on any atom is -0.313 e. The summed E-state index contributed by atoms with van der Waals surface area (Å²) < 4.78 is 0. The normalized spacial score (nSPS) is 18.1. The molecule has 0 atom stereocenters. The summed E-state index contributed by atoms with van der Waals surface area (Å²) in [6.07, 6.45) is 2.64. The van der Waals surface area contributed by atoms with Gasteiger partial charge in [-0.15, -0.1) is 0 Å². The van der Waals surface area contributed by atoms with Crippen molar-refractivity contribution in [1.82, 2.24) is 10.2 Å². The number of benzene rings is 1. The van der Waals surface area contributed by atoms with E-state index in [1.54, 1.807) is 0 Å². The SMILES string of the molecule is CCNCc1ccc(C2CCN(CC)CC2)cc1. The molecule has 0 bridgehead atoms. The van der Waals surface area contributed by atoms with Crippen LogP contribution in [-0.2, 0) is 6.54 Å². The van der Waals surface area contributed by atoms with E-state index in [2.05, 4.69) is 48.3 Å². The largest absolute Gasteiger partial charge is 0.313 e. The van der Waals surface area contributed by atoms with Gasteiger partial charge in [0.05, 0.1) is 0 Å². The summed E-state index contributed by atoms with van der Waals surface area (Å²) in [5.41, 5.74) is 2.93. The van der Waals surface area contributed by atoms with Gasteiger partial charge in [-0.05, 0) is 56.1 Å². The quantitative estimate of drug-likeness (QED) is 0.859. The number of hydrogen-bond acceptors (Lipinski definition) is 2. The molecule has 0 amide bonds. The lowest BCUT2D eigenvalue weighted by Gasteiger charge is -2.31. The highest BCUT2D eigenvalue weighted by molar-refractivity contribution is 5.25. The monoisotopic (exact) mass is 246 g/mol. The molecule has 18 heavy (non-hydrogen) atoms. The van der Waals surface area contributed by atoms with Crippen LogP contribution in [0.4, 0.5) is 0 Å². The predicted octanol–water partition coefficient (Wildman–Crippen LogP) is 3.00. The van der Waals surface area contributed by atoms with Crippen LogP contribution in [-0.4, -0.2) is 31.1 Å². The first-order valence-electron chi connectivity index (χ1n) is 7.35. The van der Waals surface area contributed by atoms with Crippen LogP contribution in [0.15, 0.2) is 24.3 Å². The highest BCUT2D eigenvalue weighted by Crippen LogP contribution is 2.27. The van der Waals surface area contributed by atoms with Crippen molar-refractivity contribution in [3.8, 4) is 0 Å². The van der Waals surface area contributed by atoms with Crippen LogP contribution in [0.5, 0.6) is 0 Å². The minimum absolute atomic E-state index is 0.779. The fraction of sp³-hybridized carbons (Fsp3) is 0.625. The molecule has 1 N–H and O–H groups in total. The maximum Gasteiger partial charge on any atom is 0.0205 e. The molecule has 1 saturated heterocycles. The van der Waals surface area contributed by atoms with E-state index in [1.165, 1.54) is 43.6 Å². The first-order chi connectivity index (χ1) is 8.83. The third-order valence-corrected chi connectivity index (χ3v) is 4.07. The number of nitrogens with zero attached hydrogens (tertiary/aromatic N) is 1. The molecule has 100 valence electrons. The Kier molecular flexibility index (Phi) is 5.21. The average molecular weight is 246 g/mol. The maximum absolute atomic E-state index is 3.37. The zero-order chi connectivity index (χ0) is 12.8. The van der Waals surface area contributed by atoms with E-state index in [-0.39, 0.29) is 0 Å². The summed E-state index contributed by atoms with van der Waals surface area (Å²) in [6.45, 7) is 10.2. The van der Waals surface area contributed by atoms with Crippen LogP contribution in [0, 0.1) is 0 Å². The summed E-state index contributed by atoms with van der Waals surface area (Å²) in [5.74, 6) is 0.779. The lowest BCUT2D eigenvalue weighted by Crippen LogP contribution is -2.32. The van der Waals surface area contributed by atoms with Gasteiger partial charge in [0.1, 0.15) is 0 Å². The van der Waals surface area contributed by atoms with E-state index < -0.39 is 0 Å². The number of rotatable bonds is 5. The molecule has 1 aliphatic heterocycles. The Hall–Kier alpha value is -0.860. The molecular weight excluding hydrogens is 220 g/mol. The third kappa shape index (κ3) is 3.56. The Bertz CT molecular complexity index is 337. The van der Waals surface area contributed by atoms with E-state index in [9.17, 15) is 0 Å². The Labute approximate surface area is 111 Å². The topological polar surface area (TPSA) is 15.3 Å². The number of piperidine rings is 1. The lowest BCUT2D eigenvalue weighted by molar-refractivity contribution is 0.222. The molecule has 1 fully saturated rings. The van der Waals surface area contributed by atoms with Crippen molar-refractivity contribution in [3.63, 3.8) is 0 Å². The van der Waals surface area contributed by atoms with Crippen molar-refractivity contribution < 1.29 is 0 Å². The Morgan fingerprint density at radius 3 is 2.33 bits per heavy atom. The van der Waals surface area contributed by atoms with Crippen molar-refractivity contribution in [2.45, 2.75) is 39.2 Å². The molecule has 2 heteroatoms. The highest BCUT2D eigenvalue weighted by Gasteiger charge is 2.19. The van der Waals surface area contributed by atoms with Gasteiger partial charge in [0, 0.05) is 6.54 Å². The van der Waals surface area contributed by atoms with Crippen LogP contribution in [0.2, 0.25) is 0 Å². The lowest BCUT2D eigenvalue weighted by atomic mass is 9.89. The van der Waals surface area contributed by atoms with E-state index >= 15 is 0 Å². The molecule has 0 unspecified atom stereocenters. The van der Waals surface area contributed by atoms with Crippen LogP contribution in [0.3, 0.4) is 0 Å². The average Bonchev–Trinajstić information content (AvgIpc) is 2.46. The summed E-state index contributed by atoms with van der Waals surface area (Å²) in [4.78, 5) is 2.55. The summed E-state index contributed by atoms with van der Waals surface area (Å²) >= 11 is 0. The molecule has 0 saturated carbocycles. The van der Waals surface area contributed by atoms with Crippen molar-refractivity contribution in [2.24, 2.45) is 0 Å². The summed E-state index contributed by atoms with van der Waals surface area (Å²) in [5, 5.41) is 3.37. The molecule has 1 aromatic rings. The van der Waals surface area contributed by atoms with E-state index in [0.717, 1.165) is 19.0 Å². The first kappa shape index (κ1) is 13.6. The van der Waals surface area contributed by atoms with Crippen LogP contribution < -0.4 is 5.32 Å². The molecule has 0 aromatic heterocycles. The van der Waals surface area contributed by atoms with E-state index in [1.807, 2.05) is 0 Å². The van der Waals surface area contributed by atoms with Crippen molar-refractivity contribution in [3.05, 3.63) is 35.4 Å². The zero-order valence-electron chi connectivity index (χ0n) is 11.8. The maximum atomic E-state index is 3.37. The molecule has 0 spiro atoms. The number of nitrogens with one attached hydrogen (secondary N) is 1. The standard InChI is InChI=1S/C16H26N2/c1-3-17-13-14-5-7-15(8-6-14)16-9-11-18(4-2)12-10-16/h5-8,16-17H,3-4,9-13H2,1-2H3. The fourth-order valence-electron chi connectivity index (χ4n) is 2.76. The zero-order valence-corrected chi connectivity index (χ0v) is 11.8. The number of likely N-dealkylation sites (tertiary alicyclic amines) is 1. The van der Waals surface area contributed by atoms with Crippen LogP contribution in [0.1, 0.15) is 43.7 Å². The van der Waals surface area contributed by atoms with Crippen molar-refractivity contribution in [2.75, 3.05) is 26.2 Å². The van der Waals surface area contributed by atoms with Gasteiger partial charge in [-0.2, -0.15) is 0 Å². The molecule has 1 aromatic carbocycles. The van der Waals surface area contributed by atoms with Gasteiger partial charge in [-0.1, -0.05) is 38.1 Å². The Morgan fingerprint density at radius 2 is 1.78 bits per heavy atom. The molecule has 1 heterocycles. The Balaban J connectivity index is 1.89. The fourth-order valence-corrected chi connectivity index (χ4v) is 2.76. The molecule has 2 rings (SSSR count). The van der Waals surface area contributed by atoms with Gasteiger partial charge >= 0.3 is 0 Å². The van der Waals surface area contributed by atoms with Gasteiger partial charge in [0.25, 0.3) is 0 Å². The van der Waals surface area contributed by atoms with Crippen LogP contribution in [0.25, 0.3) is 0 Å².